The fraction of sp³-hybridized carbons (Fsp3) is 0.400. The average molecular weight is 174 g/mol. The van der Waals surface area contributed by atoms with Crippen LogP contribution in [0.15, 0.2) is 0 Å². The minimum Gasteiger partial charge on any atom is -0.550 e. The maximum absolute atomic E-state index is 10.2. The second-order valence-corrected chi connectivity index (χ2v) is 2.05. The molecule has 0 aliphatic carbocycles. The van der Waals surface area contributed by atoms with Crippen LogP contribution >= 0.6 is 0 Å². The van der Waals surface area contributed by atoms with Gasteiger partial charge < -0.3 is 19.8 Å². The highest BCUT2D eigenvalue weighted by molar-refractivity contribution is 5.78. The predicted octanol–water partition coefficient (Wildman–Crippen LogP) is -6.40. The number of carboxylic acids is 2. The number of hydrogen-bond donors (Lipinski definition) is 3. The number of carbonyl (C=O) groups is 2. The first kappa shape index (κ1) is 10.2. The molecule has 1 atom stereocenters. The van der Waals surface area contributed by atoms with E-state index >= 15 is 0 Å². The molecule has 0 heterocycles. The third kappa shape index (κ3) is 4.09. The fourth-order valence-electron chi connectivity index (χ4n) is 0.561. The number of carbonyl (C=O) groups excluding carboxylic acids is 2. The van der Waals surface area contributed by atoms with Crippen LogP contribution in [0.3, 0.4) is 0 Å². The molecule has 68 valence electrons. The van der Waals surface area contributed by atoms with Crippen molar-refractivity contribution in [2.75, 3.05) is 0 Å². The average Bonchev–Trinajstić information content (AvgIpc) is 1.83. The van der Waals surface area contributed by atoms with Gasteiger partial charge >= 0.3 is 5.96 Å². The number of rotatable bonds is 4. The van der Waals surface area contributed by atoms with Gasteiger partial charge in [0, 0.05) is 12.4 Å². The van der Waals surface area contributed by atoms with Crippen LogP contribution in [-0.2, 0) is 9.59 Å². The Morgan fingerprint density at radius 1 is 1.33 bits per heavy atom. The van der Waals surface area contributed by atoms with Crippen molar-refractivity contribution in [3.8, 4) is 0 Å². The molecule has 0 amide bonds. The highest BCUT2D eigenvalue weighted by Crippen LogP contribution is 1.79. The Labute approximate surface area is 67.7 Å². The molecule has 5 N–H and O–H groups in total. The topological polar surface area (TPSA) is 146 Å². The van der Waals surface area contributed by atoms with Crippen molar-refractivity contribution < 1.29 is 24.8 Å². The van der Waals surface area contributed by atoms with Crippen LogP contribution in [0.4, 0.5) is 0 Å². The van der Waals surface area contributed by atoms with Gasteiger partial charge in [-0.3, -0.25) is 16.5 Å². The van der Waals surface area contributed by atoms with Gasteiger partial charge in [0.25, 0.3) is 0 Å². The second-order valence-electron chi connectivity index (χ2n) is 2.05. The molecule has 0 aliphatic heterocycles. The van der Waals surface area contributed by atoms with E-state index < -0.39 is 24.4 Å². The van der Waals surface area contributed by atoms with E-state index in [1.165, 1.54) is 0 Å². The molecule has 0 saturated carbocycles. The van der Waals surface area contributed by atoms with Crippen molar-refractivity contribution in [3.63, 3.8) is 0 Å². The molecule has 12 heavy (non-hydrogen) atoms. The van der Waals surface area contributed by atoms with Crippen LogP contribution < -0.4 is 26.7 Å². The first-order valence-corrected chi connectivity index (χ1v) is 2.98. The zero-order chi connectivity index (χ0) is 9.72. The maximum atomic E-state index is 10.2. The minimum atomic E-state index is -1.60. The predicted molar refractivity (Wildman–Crippen MR) is 32.8 cm³/mol. The molecule has 0 aromatic carbocycles. The van der Waals surface area contributed by atoms with E-state index in [0.717, 1.165) is 0 Å². The van der Waals surface area contributed by atoms with Gasteiger partial charge in [0.15, 0.2) is 0 Å². The zero-order valence-electron chi connectivity index (χ0n) is 6.07. The van der Waals surface area contributed by atoms with Gasteiger partial charge in [0.05, 0.1) is 5.97 Å². The molecule has 0 bridgehead atoms. The number of aliphatic carboxylic acids is 2. The molecule has 0 aromatic heterocycles. The summed E-state index contributed by atoms with van der Waals surface area (Å²) in [4.78, 5) is 22.1. The molecule has 0 saturated heterocycles. The summed E-state index contributed by atoms with van der Waals surface area (Å²) in [5, 5.41) is 20.1. The summed E-state index contributed by atoms with van der Waals surface area (Å²) in [5.41, 5.74) is 9.77. The summed E-state index contributed by atoms with van der Waals surface area (Å²) in [6.07, 6.45) is -0.750. The van der Waals surface area contributed by atoms with E-state index in [1.807, 2.05) is 4.99 Å². The Morgan fingerprint density at radius 3 is 2.08 bits per heavy atom. The third-order valence-corrected chi connectivity index (χ3v) is 0.996. The lowest BCUT2D eigenvalue weighted by molar-refractivity contribution is -0.509. The number of nitrogens with two attached hydrogens (primary N) is 2. The van der Waals surface area contributed by atoms with E-state index in [9.17, 15) is 19.8 Å². The molecule has 0 fully saturated rings. The van der Waals surface area contributed by atoms with Crippen LogP contribution in [0.25, 0.3) is 0 Å². The van der Waals surface area contributed by atoms with E-state index in [-0.39, 0.29) is 5.96 Å². The van der Waals surface area contributed by atoms with Crippen molar-refractivity contribution in [1.29, 1.82) is 0 Å². The summed E-state index contributed by atoms with van der Waals surface area (Å²) in [7, 11) is 0. The van der Waals surface area contributed by atoms with Crippen LogP contribution in [0.5, 0.6) is 0 Å². The number of carboxylic acid groups (broad SMARTS) is 2. The van der Waals surface area contributed by atoms with Gasteiger partial charge in [0.2, 0.25) is 0 Å². The normalized spacial score (nSPS) is 11.7. The van der Waals surface area contributed by atoms with Gasteiger partial charge in [-0.1, -0.05) is 0 Å². The molecule has 0 aliphatic rings. The smallest absolute Gasteiger partial charge is 0.339 e. The molecule has 0 aromatic rings. The number of guanidine groups is 1. The van der Waals surface area contributed by atoms with Crippen molar-refractivity contribution in [3.05, 3.63) is 0 Å². The largest absolute Gasteiger partial charge is 0.550 e. The lowest BCUT2D eigenvalue weighted by Gasteiger charge is -2.12. The molecule has 7 nitrogen and oxygen atoms in total. The first-order valence-electron chi connectivity index (χ1n) is 2.98. The van der Waals surface area contributed by atoms with Crippen LogP contribution in [0.2, 0.25) is 0 Å². The maximum Gasteiger partial charge on any atom is 0.339 e. The van der Waals surface area contributed by atoms with E-state index in [0.29, 0.717) is 0 Å². The lowest BCUT2D eigenvalue weighted by Crippen LogP contribution is -2.87. The van der Waals surface area contributed by atoms with Crippen molar-refractivity contribution in [1.82, 2.24) is 0 Å². The molecule has 0 radical (unpaired) electrons. The van der Waals surface area contributed by atoms with Crippen LogP contribution in [-0.4, -0.2) is 23.9 Å². The summed E-state index contributed by atoms with van der Waals surface area (Å²) < 4.78 is 0. The quantitative estimate of drug-likeness (QED) is 0.285. The summed E-state index contributed by atoms with van der Waals surface area (Å²) in [6.45, 7) is 0. The van der Waals surface area contributed by atoms with Gasteiger partial charge in [-0.15, -0.1) is 0 Å². The van der Waals surface area contributed by atoms with E-state index in [1.54, 1.807) is 0 Å². The molecule has 7 heteroatoms. The molecular formula is C5H8N3O4-. The SMILES string of the molecule is NC(N)=[NH+][C@@H](CC(=O)[O-])C(=O)[O-]. The van der Waals surface area contributed by atoms with Crippen molar-refractivity contribution >= 4 is 17.9 Å². The van der Waals surface area contributed by atoms with E-state index in [4.69, 9.17) is 11.5 Å². The lowest BCUT2D eigenvalue weighted by atomic mass is 10.2. The fourth-order valence-corrected chi connectivity index (χ4v) is 0.561. The molecule has 0 spiro atoms. The molecular weight excluding hydrogens is 166 g/mol. The summed E-state index contributed by atoms with van der Waals surface area (Å²) >= 11 is 0. The Bertz CT molecular complexity index is 221. The minimum absolute atomic E-state index is 0.384. The summed E-state index contributed by atoms with van der Waals surface area (Å²) in [5.74, 6) is -3.52. The van der Waals surface area contributed by atoms with Gasteiger partial charge in [-0.2, -0.15) is 0 Å². The highest BCUT2D eigenvalue weighted by atomic mass is 16.4. The number of nitrogens with one attached hydrogen (secondary N) is 1. The third-order valence-electron chi connectivity index (χ3n) is 0.996. The zero-order valence-corrected chi connectivity index (χ0v) is 6.07. The highest BCUT2D eigenvalue weighted by Gasteiger charge is 2.09. The Kier molecular flexibility index (Phi) is 3.54. The van der Waals surface area contributed by atoms with Crippen molar-refractivity contribution in [2.45, 2.75) is 12.5 Å². The van der Waals surface area contributed by atoms with E-state index in [2.05, 4.69) is 0 Å². The molecule has 0 unspecified atom stereocenters. The van der Waals surface area contributed by atoms with Crippen LogP contribution in [0.1, 0.15) is 6.42 Å². The Morgan fingerprint density at radius 2 is 1.83 bits per heavy atom. The Balaban J connectivity index is 4.35. The van der Waals surface area contributed by atoms with Gasteiger partial charge in [-0.25, -0.2) is 0 Å². The molecule has 0 rings (SSSR count). The van der Waals surface area contributed by atoms with Crippen molar-refractivity contribution in [2.24, 2.45) is 11.5 Å². The first-order chi connectivity index (χ1) is 5.43. The second kappa shape index (κ2) is 4.16. The monoisotopic (exact) mass is 174 g/mol. The van der Waals surface area contributed by atoms with Gasteiger partial charge in [0.1, 0.15) is 6.04 Å². The number of hydrogen-bond acceptors (Lipinski definition) is 4. The van der Waals surface area contributed by atoms with Gasteiger partial charge in [-0.05, 0) is 0 Å². The Hall–Kier alpha value is -1.79. The van der Waals surface area contributed by atoms with Crippen LogP contribution in [0, 0.1) is 0 Å². The summed E-state index contributed by atoms with van der Waals surface area (Å²) in [6, 6.07) is -1.46. The standard InChI is InChI=1S/C5H9N3O4/c6-5(7)8-2(4(11)12)1-3(9)10/h2H,1H2,(H,9,10)(H,11,12)(H4,6,7,8)/p-1/t2-/m0/s1.